The van der Waals surface area contributed by atoms with Gasteiger partial charge in [-0.05, 0) is 36.4 Å². The Kier molecular flexibility index (Phi) is 6.41. The van der Waals surface area contributed by atoms with E-state index in [1.807, 2.05) is 12.1 Å². The van der Waals surface area contributed by atoms with Crippen molar-refractivity contribution in [3.63, 3.8) is 0 Å². The van der Waals surface area contributed by atoms with Crippen LogP contribution in [0.4, 0.5) is 0 Å². The van der Waals surface area contributed by atoms with Crippen LogP contribution in [0.15, 0.2) is 60.8 Å². The normalized spacial score (nSPS) is 9.74. The highest BCUT2D eigenvalue weighted by Gasteiger charge is 2.22. The second-order valence-corrected chi connectivity index (χ2v) is 6.05. The largest absolute Gasteiger partial charge is 0.480 e. The smallest absolute Gasteiger partial charge is 0.322 e. The van der Waals surface area contributed by atoms with E-state index < -0.39 is 18.4 Å². The minimum atomic E-state index is -1.23. The molecule has 2 aromatic carbocycles. The van der Waals surface area contributed by atoms with Crippen LogP contribution in [0, 0.1) is 22.7 Å². The van der Waals surface area contributed by atoms with Crippen molar-refractivity contribution < 1.29 is 24.2 Å². The van der Waals surface area contributed by atoms with Crippen LogP contribution >= 0.6 is 0 Å². The number of pyridine rings is 1. The Balaban J connectivity index is 2.02. The summed E-state index contributed by atoms with van der Waals surface area (Å²) in [5, 5.41) is 29.3. The molecule has 0 aliphatic rings. The molecule has 0 aliphatic heterocycles. The van der Waals surface area contributed by atoms with Crippen molar-refractivity contribution in [1.29, 1.82) is 10.5 Å². The molecular formula is C22H14N4O5. The van der Waals surface area contributed by atoms with Gasteiger partial charge >= 0.3 is 5.97 Å². The fourth-order valence-electron chi connectivity index (χ4n) is 2.54. The lowest BCUT2D eigenvalue weighted by molar-refractivity contribution is -0.135. The van der Waals surface area contributed by atoms with Crippen molar-refractivity contribution in [3.05, 3.63) is 77.5 Å². The van der Waals surface area contributed by atoms with Crippen LogP contribution in [0.2, 0.25) is 0 Å². The Morgan fingerprint density at radius 2 is 1.58 bits per heavy atom. The fourth-order valence-corrected chi connectivity index (χ4v) is 2.54. The van der Waals surface area contributed by atoms with Crippen molar-refractivity contribution in [2.24, 2.45) is 0 Å². The van der Waals surface area contributed by atoms with Gasteiger partial charge in [0.1, 0.15) is 29.4 Å². The van der Waals surface area contributed by atoms with Crippen molar-refractivity contribution in [3.8, 4) is 35.3 Å². The van der Waals surface area contributed by atoms with Gasteiger partial charge in [-0.1, -0.05) is 12.1 Å². The number of nitriles is 2. The predicted molar refractivity (Wildman–Crippen MR) is 107 cm³/mol. The quantitative estimate of drug-likeness (QED) is 0.599. The van der Waals surface area contributed by atoms with Crippen LogP contribution in [-0.2, 0) is 4.79 Å². The number of ether oxygens (including phenoxy) is 2. The highest BCUT2D eigenvalue weighted by molar-refractivity contribution is 6.00. The second kappa shape index (κ2) is 9.54. The molecule has 3 aromatic rings. The maximum Gasteiger partial charge on any atom is 0.322 e. The van der Waals surface area contributed by atoms with Gasteiger partial charge in [-0.25, -0.2) is 4.98 Å². The first-order chi connectivity index (χ1) is 15.0. The van der Waals surface area contributed by atoms with E-state index in [0.29, 0.717) is 11.1 Å². The number of hydrogen-bond donors (Lipinski definition) is 2. The Morgan fingerprint density at radius 1 is 0.968 bits per heavy atom. The zero-order valence-corrected chi connectivity index (χ0v) is 15.9. The Morgan fingerprint density at radius 3 is 2.16 bits per heavy atom. The van der Waals surface area contributed by atoms with Crippen LogP contribution in [0.3, 0.4) is 0 Å². The first-order valence-corrected chi connectivity index (χ1v) is 8.85. The molecule has 1 amide bonds. The Bertz CT molecular complexity index is 1150. The molecule has 0 saturated carbocycles. The van der Waals surface area contributed by atoms with E-state index in [0.717, 1.165) is 0 Å². The number of carboxylic acids is 1. The van der Waals surface area contributed by atoms with Crippen molar-refractivity contribution >= 4 is 11.9 Å². The van der Waals surface area contributed by atoms with Gasteiger partial charge in [0.05, 0.1) is 23.3 Å². The summed E-state index contributed by atoms with van der Waals surface area (Å²) in [6.07, 6.45) is 1.35. The van der Waals surface area contributed by atoms with E-state index in [1.54, 1.807) is 36.4 Å². The number of carbonyl (C=O) groups is 2. The molecular weight excluding hydrogens is 400 g/mol. The third-order valence-electron chi connectivity index (χ3n) is 3.87. The van der Waals surface area contributed by atoms with Crippen LogP contribution < -0.4 is 14.8 Å². The highest BCUT2D eigenvalue weighted by Crippen LogP contribution is 2.33. The van der Waals surface area contributed by atoms with Gasteiger partial charge in [-0.3, -0.25) is 9.59 Å². The van der Waals surface area contributed by atoms with E-state index in [-0.39, 0.29) is 28.7 Å². The molecule has 0 spiro atoms. The molecule has 0 unspecified atom stereocenters. The molecule has 0 saturated heterocycles. The van der Waals surface area contributed by atoms with Gasteiger partial charge in [0, 0.05) is 12.3 Å². The molecule has 0 radical (unpaired) electrons. The maximum absolute atomic E-state index is 12.7. The summed E-state index contributed by atoms with van der Waals surface area (Å²) >= 11 is 0. The lowest BCUT2D eigenvalue weighted by Gasteiger charge is -2.15. The predicted octanol–water partition coefficient (Wildman–Crippen LogP) is 3.22. The second-order valence-electron chi connectivity index (χ2n) is 6.05. The molecule has 1 heterocycles. The average molecular weight is 414 g/mol. The van der Waals surface area contributed by atoms with Gasteiger partial charge in [-0.15, -0.1) is 0 Å². The van der Waals surface area contributed by atoms with Crippen molar-refractivity contribution in [2.45, 2.75) is 0 Å². The third-order valence-corrected chi connectivity index (χ3v) is 3.87. The van der Waals surface area contributed by atoms with Gasteiger partial charge in [0.2, 0.25) is 5.88 Å². The van der Waals surface area contributed by atoms with Crippen LogP contribution in [0.1, 0.15) is 21.5 Å². The maximum atomic E-state index is 12.7. The molecule has 31 heavy (non-hydrogen) atoms. The summed E-state index contributed by atoms with van der Waals surface area (Å²) in [6.45, 7) is -0.625. The average Bonchev–Trinajstić information content (AvgIpc) is 2.78. The summed E-state index contributed by atoms with van der Waals surface area (Å²) in [7, 11) is 0. The molecule has 0 atom stereocenters. The molecule has 0 fully saturated rings. The van der Waals surface area contributed by atoms with Crippen LogP contribution in [0.5, 0.6) is 23.1 Å². The van der Waals surface area contributed by atoms with Crippen molar-refractivity contribution in [2.75, 3.05) is 6.54 Å². The number of amides is 1. The summed E-state index contributed by atoms with van der Waals surface area (Å²) in [5.74, 6) is -1.58. The first-order valence-electron chi connectivity index (χ1n) is 8.85. The summed E-state index contributed by atoms with van der Waals surface area (Å²) in [4.78, 5) is 27.7. The van der Waals surface area contributed by atoms with Gasteiger partial charge < -0.3 is 19.9 Å². The Labute approximate surface area is 176 Å². The number of rotatable bonds is 7. The van der Waals surface area contributed by atoms with E-state index >= 15 is 0 Å². The number of carboxylic acid groups (broad SMARTS) is 1. The molecule has 152 valence electrons. The topological polar surface area (TPSA) is 145 Å². The Hall–Kier alpha value is -4.89. The van der Waals surface area contributed by atoms with Gasteiger partial charge in [0.25, 0.3) is 5.91 Å². The number of hydrogen-bond acceptors (Lipinski definition) is 7. The number of benzene rings is 2. The lowest BCUT2D eigenvalue weighted by atomic mass is 10.2. The molecule has 9 heteroatoms. The molecule has 1 aromatic heterocycles. The zero-order valence-electron chi connectivity index (χ0n) is 15.9. The summed E-state index contributed by atoms with van der Waals surface area (Å²) in [5.41, 5.74) is 0.553. The number of nitrogens with zero attached hydrogens (tertiary/aromatic N) is 3. The van der Waals surface area contributed by atoms with Gasteiger partial charge in [-0.2, -0.15) is 10.5 Å². The number of nitrogens with one attached hydrogen (secondary N) is 1. The summed E-state index contributed by atoms with van der Waals surface area (Å²) in [6, 6.07) is 17.9. The fraction of sp³-hybridized carbons (Fsp3) is 0.0455. The number of aliphatic carboxylic acids is 1. The molecule has 0 bridgehead atoms. The number of carbonyl (C=O) groups excluding carboxylic acids is 1. The standard InChI is InChI=1S/C22H14N4O5/c23-11-14-3-1-5-16(9-14)30-18-7-8-25-22(20(18)21(29)26-13-19(27)28)31-17-6-2-4-15(10-17)12-24/h1-10H,13H2,(H,26,29)(H,27,28). The number of aromatic nitrogens is 1. The van der Waals surface area contributed by atoms with Gasteiger partial charge in [0.15, 0.2) is 0 Å². The minimum Gasteiger partial charge on any atom is -0.480 e. The van der Waals surface area contributed by atoms with Crippen LogP contribution in [0.25, 0.3) is 0 Å². The first kappa shape index (κ1) is 20.8. The minimum absolute atomic E-state index is 0.0411. The monoisotopic (exact) mass is 414 g/mol. The summed E-state index contributed by atoms with van der Waals surface area (Å²) < 4.78 is 11.5. The van der Waals surface area contributed by atoms with Crippen molar-refractivity contribution in [1.82, 2.24) is 10.3 Å². The SMILES string of the molecule is N#Cc1cccc(Oc2ccnc(Oc3cccc(C#N)c3)c2C(=O)NCC(=O)O)c1. The van der Waals surface area contributed by atoms with E-state index in [4.69, 9.17) is 25.1 Å². The molecule has 2 N–H and O–H groups in total. The molecule has 3 rings (SSSR count). The van der Waals surface area contributed by atoms with E-state index in [1.165, 1.54) is 24.4 Å². The van der Waals surface area contributed by atoms with E-state index in [9.17, 15) is 9.59 Å². The molecule has 9 nitrogen and oxygen atoms in total. The van der Waals surface area contributed by atoms with Crippen LogP contribution in [-0.4, -0.2) is 28.5 Å². The van der Waals surface area contributed by atoms with E-state index in [2.05, 4.69) is 10.3 Å². The highest BCUT2D eigenvalue weighted by atomic mass is 16.5. The zero-order chi connectivity index (χ0) is 22.2. The third kappa shape index (κ3) is 5.34. The lowest BCUT2D eigenvalue weighted by Crippen LogP contribution is -2.30. The molecule has 0 aliphatic carbocycles.